The maximum absolute atomic E-state index is 2.22. The Balaban J connectivity index is 2.18. The predicted octanol–water partition coefficient (Wildman–Crippen LogP) is 4.27. The molecule has 18 heavy (non-hydrogen) atoms. The third-order valence-electron chi connectivity index (χ3n) is 2.92. The molecule has 0 saturated carbocycles. The molecule has 0 fully saturated rings. The number of aryl methyl sites for hydroxylation is 1. The Kier molecular flexibility index (Phi) is 3.22. The molecule has 0 nitrogen and oxygen atoms in total. The predicted molar refractivity (Wildman–Crippen MR) is 84.1 cm³/mol. The number of hydrogen-bond acceptors (Lipinski definition) is 1. The minimum absolute atomic E-state index is 1.29. The fourth-order valence-corrected chi connectivity index (χ4v) is 3.46. The van der Waals surface area contributed by atoms with Crippen LogP contribution in [0.15, 0.2) is 58.8 Å². The molecular formula is C16H13S2+. The van der Waals surface area contributed by atoms with E-state index in [0.29, 0.717) is 0 Å². The molecule has 2 heteroatoms. The number of benzene rings is 1. The van der Waals surface area contributed by atoms with Crippen molar-refractivity contribution in [3.05, 3.63) is 74.8 Å². The molecule has 0 spiro atoms. The lowest BCUT2D eigenvalue weighted by Gasteiger charge is -2.07. The number of allylic oxidation sites excluding steroid dienone is 2. The second-order valence-electron chi connectivity index (χ2n) is 4.23. The lowest BCUT2D eigenvalue weighted by molar-refractivity contribution is 1.45. The monoisotopic (exact) mass is 269 g/mol. The minimum Gasteiger partial charge on any atom is -0.144 e. The highest BCUT2D eigenvalue weighted by molar-refractivity contribution is 7.81. The van der Waals surface area contributed by atoms with Crippen LogP contribution < -0.4 is 0 Å². The molecule has 88 valence electrons. The summed E-state index contributed by atoms with van der Waals surface area (Å²) in [6.07, 6.45) is 2.19. The first-order chi connectivity index (χ1) is 8.84. The molecule has 0 N–H and O–H groups in total. The minimum atomic E-state index is 1.29. The first-order valence-corrected chi connectivity index (χ1v) is 7.67. The van der Waals surface area contributed by atoms with Gasteiger partial charge >= 0.3 is 0 Å². The van der Waals surface area contributed by atoms with E-state index in [4.69, 9.17) is 0 Å². The highest BCUT2D eigenvalue weighted by atomic mass is 32.1. The normalized spacial score (nSPS) is 16.3. The standard InChI is InChI=1S/C16H13S2/c1-12-4-6-13(7-5-12)16(14-8-10-17-11-14)15-3-2-9-18-15/h2-11H,1H3/q+1. The molecule has 0 bridgehead atoms. The van der Waals surface area contributed by atoms with Crippen LogP contribution in [0.2, 0.25) is 0 Å². The molecule has 0 radical (unpaired) electrons. The van der Waals surface area contributed by atoms with Crippen LogP contribution in [0.1, 0.15) is 16.0 Å². The van der Waals surface area contributed by atoms with Crippen molar-refractivity contribution in [3.8, 4) is 0 Å². The van der Waals surface area contributed by atoms with Gasteiger partial charge in [-0.15, -0.1) is 11.3 Å². The van der Waals surface area contributed by atoms with Crippen LogP contribution in [0.4, 0.5) is 0 Å². The quantitative estimate of drug-likeness (QED) is 0.434. The summed E-state index contributed by atoms with van der Waals surface area (Å²) in [5.41, 5.74) is 5.24. The smallest absolute Gasteiger partial charge is 0.144 e. The SMILES string of the molecule is Cc1ccc(/C(=C2/C=C[S+]=C2)c2cccs2)cc1. The fourth-order valence-electron chi connectivity index (χ4n) is 2.00. The summed E-state index contributed by atoms with van der Waals surface area (Å²) in [6, 6.07) is 13.1. The van der Waals surface area contributed by atoms with E-state index in [1.54, 1.807) is 22.7 Å². The maximum Gasteiger partial charge on any atom is 0.212 e. The molecule has 0 amide bonds. The summed E-state index contributed by atoms with van der Waals surface area (Å²) in [5.74, 6) is 0. The lowest BCUT2D eigenvalue weighted by atomic mass is 9.98. The van der Waals surface area contributed by atoms with Crippen molar-refractivity contribution in [2.75, 3.05) is 0 Å². The van der Waals surface area contributed by atoms with Gasteiger partial charge in [0.1, 0.15) is 0 Å². The van der Waals surface area contributed by atoms with Crippen LogP contribution in [-0.4, -0.2) is 5.37 Å². The molecule has 0 unspecified atom stereocenters. The van der Waals surface area contributed by atoms with E-state index in [-0.39, 0.29) is 0 Å². The molecule has 1 aromatic heterocycles. The Labute approximate surface area is 115 Å². The van der Waals surface area contributed by atoms with Crippen molar-refractivity contribution in [1.82, 2.24) is 0 Å². The third-order valence-corrected chi connectivity index (χ3v) is 4.49. The van der Waals surface area contributed by atoms with Crippen molar-refractivity contribution in [2.24, 2.45) is 0 Å². The molecule has 0 saturated heterocycles. The zero-order chi connectivity index (χ0) is 12.4. The van der Waals surface area contributed by atoms with Crippen molar-refractivity contribution < 1.29 is 0 Å². The highest BCUT2D eigenvalue weighted by Crippen LogP contribution is 2.31. The van der Waals surface area contributed by atoms with Gasteiger partial charge in [0.15, 0.2) is 5.41 Å². The summed E-state index contributed by atoms with van der Waals surface area (Å²) in [4.78, 5) is 1.33. The van der Waals surface area contributed by atoms with E-state index in [0.717, 1.165) is 0 Å². The van der Waals surface area contributed by atoms with Gasteiger partial charge < -0.3 is 0 Å². The van der Waals surface area contributed by atoms with E-state index < -0.39 is 0 Å². The first-order valence-electron chi connectivity index (χ1n) is 5.85. The maximum atomic E-state index is 2.22. The van der Waals surface area contributed by atoms with Gasteiger partial charge in [0.25, 0.3) is 0 Å². The molecule has 2 aromatic rings. The van der Waals surface area contributed by atoms with Gasteiger partial charge in [0.2, 0.25) is 16.7 Å². The average Bonchev–Trinajstić information content (AvgIpc) is 3.06. The fraction of sp³-hybridized carbons (Fsp3) is 0.0625. The van der Waals surface area contributed by atoms with Gasteiger partial charge in [-0.25, -0.2) is 0 Å². The highest BCUT2D eigenvalue weighted by Gasteiger charge is 2.15. The van der Waals surface area contributed by atoms with Crippen LogP contribution in [0.3, 0.4) is 0 Å². The largest absolute Gasteiger partial charge is 0.212 e. The average molecular weight is 269 g/mol. The molecule has 3 rings (SSSR count). The van der Waals surface area contributed by atoms with Gasteiger partial charge in [0.05, 0.1) is 0 Å². The summed E-state index contributed by atoms with van der Waals surface area (Å²) in [7, 11) is 0. The summed E-state index contributed by atoms with van der Waals surface area (Å²) >= 11 is 3.54. The molecule has 0 aliphatic carbocycles. The van der Waals surface area contributed by atoms with E-state index in [9.17, 15) is 0 Å². The Hall–Kier alpha value is -1.51. The van der Waals surface area contributed by atoms with Gasteiger partial charge in [-0.2, -0.15) is 0 Å². The van der Waals surface area contributed by atoms with Crippen LogP contribution >= 0.6 is 11.3 Å². The molecule has 2 heterocycles. The van der Waals surface area contributed by atoms with E-state index >= 15 is 0 Å². The molecule has 1 aliphatic rings. The zero-order valence-electron chi connectivity index (χ0n) is 10.1. The van der Waals surface area contributed by atoms with Crippen LogP contribution in [0, 0.1) is 6.92 Å². The van der Waals surface area contributed by atoms with Gasteiger partial charge in [0, 0.05) is 22.1 Å². The van der Waals surface area contributed by atoms with Crippen molar-refractivity contribution in [3.63, 3.8) is 0 Å². The Morgan fingerprint density at radius 1 is 1.11 bits per heavy atom. The summed E-state index contributed by atoms with van der Waals surface area (Å²) in [5, 5.41) is 6.49. The molecule has 1 aliphatic heterocycles. The molecular weight excluding hydrogens is 256 g/mol. The topological polar surface area (TPSA) is 0 Å². The van der Waals surface area contributed by atoms with Crippen molar-refractivity contribution >= 4 is 33.6 Å². The van der Waals surface area contributed by atoms with Crippen molar-refractivity contribution in [1.29, 1.82) is 0 Å². The number of rotatable bonds is 2. The van der Waals surface area contributed by atoms with Crippen LogP contribution in [0.5, 0.6) is 0 Å². The lowest BCUT2D eigenvalue weighted by Crippen LogP contribution is -1.91. The van der Waals surface area contributed by atoms with E-state index in [1.807, 2.05) is 0 Å². The van der Waals surface area contributed by atoms with Gasteiger partial charge in [-0.05, 0) is 23.9 Å². The first kappa shape index (κ1) is 11.6. The van der Waals surface area contributed by atoms with E-state index in [1.165, 1.54) is 27.2 Å². The second kappa shape index (κ2) is 5.01. The Bertz CT molecular complexity index is 612. The molecule has 0 atom stereocenters. The van der Waals surface area contributed by atoms with Crippen LogP contribution in [0.25, 0.3) is 5.57 Å². The Morgan fingerprint density at radius 3 is 2.56 bits per heavy atom. The van der Waals surface area contributed by atoms with Crippen molar-refractivity contribution in [2.45, 2.75) is 6.92 Å². The zero-order valence-corrected chi connectivity index (χ0v) is 11.7. The second-order valence-corrected chi connectivity index (χ2v) is 5.96. The van der Waals surface area contributed by atoms with Gasteiger partial charge in [-0.1, -0.05) is 35.9 Å². The van der Waals surface area contributed by atoms with E-state index in [2.05, 4.69) is 65.6 Å². The van der Waals surface area contributed by atoms with Gasteiger partial charge in [-0.3, -0.25) is 0 Å². The molecule has 1 aromatic carbocycles. The number of hydrogen-bond donors (Lipinski definition) is 0. The van der Waals surface area contributed by atoms with Crippen LogP contribution in [-0.2, 0) is 11.4 Å². The summed E-state index contributed by atoms with van der Waals surface area (Å²) < 4.78 is 0. The Morgan fingerprint density at radius 2 is 1.94 bits per heavy atom. The summed E-state index contributed by atoms with van der Waals surface area (Å²) in [6.45, 7) is 2.12. The number of thiophene rings is 1. The third kappa shape index (κ3) is 2.22.